The van der Waals surface area contributed by atoms with Crippen LogP contribution in [0, 0.1) is 0 Å². The highest BCUT2D eigenvalue weighted by Gasteiger charge is 2.30. The summed E-state index contributed by atoms with van der Waals surface area (Å²) < 4.78 is 5.76. The predicted molar refractivity (Wildman–Crippen MR) is 75.1 cm³/mol. The molecule has 0 aromatic heterocycles. The molecule has 2 fully saturated rings. The van der Waals surface area contributed by atoms with Crippen LogP contribution in [0.2, 0.25) is 0 Å². The SMILES string of the molecule is CCCNC1CCCN(CC2CN(C)CCO2)C1=O. The monoisotopic (exact) mass is 269 g/mol. The molecule has 19 heavy (non-hydrogen) atoms. The van der Waals surface area contributed by atoms with Crippen molar-refractivity contribution in [2.45, 2.75) is 38.3 Å². The molecule has 0 aliphatic carbocycles. The van der Waals surface area contributed by atoms with E-state index in [9.17, 15) is 4.79 Å². The summed E-state index contributed by atoms with van der Waals surface area (Å²) in [5, 5.41) is 3.35. The molecular formula is C14H27N3O2. The Hall–Kier alpha value is -0.650. The van der Waals surface area contributed by atoms with Crippen LogP contribution < -0.4 is 5.32 Å². The molecule has 0 spiro atoms. The van der Waals surface area contributed by atoms with Crippen molar-refractivity contribution < 1.29 is 9.53 Å². The Morgan fingerprint density at radius 3 is 3.00 bits per heavy atom. The number of nitrogens with zero attached hydrogens (tertiary/aromatic N) is 2. The first-order chi connectivity index (χ1) is 9.20. The van der Waals surface area contributed by atoms with Crippen molar-refractivity contribution in [3.63, 3.8) is 0 Å². The van der Waals surface area contributed by atoms with E-state index in [1.165, 1.54) is 0 Å². The van der Waals surface area contributed by atoms with E-state index in [4.69, 9.17) is 4.74 Å². The number of rotatable bonds is 5. The van der Waals surface area contributed by atoms with Crippen LogP contribution in [0.3, 0.4) is 0 Å². The van der Waals surface area contributed by atoms with Gasteiger partial charge in [-0.3, -0.25) is 4.79 Å². The number of nitrogens with one attached hydrogen (secondary N) is 1. The first-order valence-corrected chi connectivity index (χ1v) is 7.53. The van der Waals surface area contributed by atoms with Crippen LogP contribution in [0.4, 0.5) is 0 Å². The first kappa shape index (κ1) is 14.8. The van der Waals surface area contributed by atoms with E-state index >= 15 is 0 Å². The maximum absolute atomic E-state index is 12.4. The summed E-state index contributed by atoms with van der Waals surface area (Å²) >= 11 is 0. The average molecular weight is 269 g/mol. The number of likely N-dealkylation sites (tertiary alicyclic amines) is 1. The number of piperidine rings is 1. The fourth-order valence-electron chi connectivity index (χ4n) is 2.85. The van der Waals surface area contributed by atoms with Gasteiger partial charge in [-0.1, -0.05) is 6.92 Å². The van der Waals surface area contributed by atoms with Crippen LogP contribution in [-0.2, 0) is 9.53 Å². The molecule has 5 heteroatoms. The minimum Gasteiger partial charge on any atom is -0.374 e. The van der Waals surface area contributed by atoms with Gasteiger partial charge in [-0.25, -0.2) is 0 Å². The summed E-state index contributed by atoms with van der Waals surface area (Å²) in [6.07, 6.45) is 3.31. The smallest absolute Gasteiger partial charge is 0.239 e. The van der Waals surface area contributed by atoms with Crippen molar-refractivity contribution >= 4 is 5.91 Å². The second-order valence-electron chi connectivity index (χ2n) is 5.69. The molecule has 0 bridgehead atoms. The molecule has 2 atom stereocenters. The zero-order chi connectivity index (χ0) is 13.7. The lowest BCUT2D eigenvalue weighted by Crippen LogP contribution is -2.54. The Balaban J connectivity index is 1.83. The molecule has 0 radical (unpaired) electrons. The van der Waals surface area contributed by atoms with Gasteiger partial charge in [0.15, 0.2) is 0 Å². The second kappa shape index (κ2) is 7.22. The number of carbonyl (C=O) groups excluding carboxylic acids is 1. The Bertz CT molecular complexity index is 298. The van der Waals surface area contributed by atoms with Gasteiger partial charge in [-0.05, 0) is 32.9 Å². The third-order valence-corrected chi connectivity index (χ3v) is 3.94. The molecule has 2 heterocycles. The molecule has 0 aromatic rings. The highest BCUT2D eigenvalue weighted by molar-refractivity contribution is 5.82. The Morgan fingerprint density at radius 2 is 2.26 bits per heavy atom. The third-order valence-electron chi connectivity index (χ3n) is 3.94. The number of carbonyl (C=O) groups is 1. The summed E-state index contributed by atoms with van der Waals surface area (Å²) in [4.78, 5) is 16.6. The van der Waals surface area contributed by atoms with Gasteiger partial charge in [-0.15, -0.1) is 0 Å². The van der Waals surface area contributed by atoms with Gasteiger partial charge in [0, 0.05) is 26.2 Å². The van der Waals surface area contributed by atoms with Crippen LogP contribution in [-0.4, -0.2) is 74.2 Å². The lowest BCUT2D eigenvalue weighted by Gasteiger charge is -2.37. The number of ether oxygens (including phenoxy) is 1. The van der Waals surface area contributed by atoms with Crippen LogP contribution in [0.25, 0.3) is 0 Å². The van der Waals surface area contributed by atoms with Crippen LogP contribution in [0.5, 0.6) is 0 Å². The molecule has 5 nitrogen and oxygen atoms in total. The maximum Gasteiger partial charge on any atom is 0.239 e. The molecule has 2 saturated heterocycles. The zero-order valence-corrected chi connectivity index (χ0v) is 12.2. The molecule has 110 valence electrons. The van der Waals surface area contributed by atoms with E-state index in [0.29, 0.717) is 0 Å². The number of morpholine rings is 1. The van der Waals surface area contributed by atoms with Gasteiger partial charge >= 0.3 is 0 Å². The van der Waals surface area contributed by atoms with E-state index < -0.39 is 0 Å². The number of likely N-dealkylation sites (N-methyl/N-ethyl adjacent to an activating group) is 1. The van der Waals surface area contributed by atoms with Gasteiger partial charge in [0.25, 0.3) is 0 Å². The molecule has 0 saturated carbocycles. The summed E-state index contributed by atoms with van der Waals surface area (Å²) in [5.41, 5.74) is 0. The van der Waals surface area contributed by atoms with Crippen molar-refractivity contribution in [3.8, 4) is 0 Å². The Labute approximate surface area is 116 Å². The van der Waals surface area contributed by atoms with Crippen LogP contribution in [0.1, 0.15) is 26.2 Å². The quantitative estimate of drug-likeness (QED) is 0.780. The topological polar surface area (TPSA) is 44.8 Å². The summed E-state index contributed by atoms with van der Waals surface area (Å²) in [7, 11) is 2.11. The largest absolute Gasteiger partial charge is 0.374 e. The number of amides is 1. The number of hydrogen-bond donors (Lipinski definition) is 1. The van der Waals surface area contributed by atoms with Crippen molar-refractivity contribution in [1.29, 1.82) is 0 Å². The highest BCUT2D eigenvalue weighted by Crippen LogP contribution is 2.14. The van der Waals surface area contributed by atoms with Gasteiger partial charge < -0.3 is 19.9 Å². The van der Waals surface area contributed by atoms with Crippen molar-refractivity contribution in [3.05, 3.63) is 0 Å². The minimum atomic E-state index is 0.0232. The van der Waals surface area contributed by atoms with Gasteiger partial charge in [0.2, 0.25) is 5.91 Å². The Kier molecular flexibility index (Phi) is 5.60. The molecular weight excluding hydrogens is 242 g/mol. The van der Waals surface area contributed by atoms with Gasteiger partial charge in [-0.2, -0.15) is 0 Å². The molecule has 2 unspecified atom stereocenters. The van der Waals surface area contributed by atoms with E-state index in [2.05, 4.69) is 24.2 Å². The Morgan fingerprint density at radius 1 is 1.42 bits per heavy atom. The van der Waals surface area contributed by atoms with E-state index in [1.807, 2.05) is 4.90 Å². The third kappa shape index (κ3) is 4.16. The minimum absolute atomic E-state index is 0.0232. The maximum atomic E-state index is 12.4. The van der Waals surface area contributed by atoms with Crippen molar-refractivity contribution in [2.24, 2.45) is 0 Å². The molecule has 2 aliphatic heterocycles. The normalized spacial score (nSPS) is 29.8. The van der Waals surface area contributed by atoms with Crippen LogP contribution >= 0.6 is 0 Å². The fourth-order valence-corrected chi connectivity index (χ4v) is 2.85. The molecule has 1 amide bonds. The molecule has 0 aromatic carbocycles. The molecule has 2 rings (SSSR count). The summed E-state index contributed by atoms with van der Waals surface area (Å²) in [6, 6.07) is 0.0232. The van der Waals surface area contributed by atoms with Crippen molar-refractivity contribution in [1.82, 2.24) is 15.1 Å². The van der Waals surface area contributed by atoms with Crippen LogP contribution in [0.15, 0.2) is 0 Å². The lowest BCUT2D eigenvalue weighted by atomic mass is 10.0. The molecule has 1 N–H and O–H groups in total. The zero-order valence-electron chi connectivity index (χ0n) is 12.2. The number of hydrogen-bond acceptors (Lipinski definition) is 4. The summed E-state index contributed by atoms with van der Waals surface area (Å²) in [6.45, 7) is 7.37. The first-order valence-electron chi connectivity index (χ1n) is 7.53. The lowest BCUT2D eigenvalue weighted by molar-refractivity contribution is -0.139. The standard InChI is InChI=1S/C14H27N3O2/c1-3-6-15-13-5-4-7-17(14(13)18)11-12-10-16(2)8-9-19-12/h12-13,15H,3-11H2,1-2H3. The van der Waals surface area contributed by atoms with Crippen molar-refractivity contribution in [2.75, 3.05) is 46.4 Å². The van der Waals surface area contributed by atoms with E-state index in [0.717, 1.165) is 58.6 Å². The fraction of sp³-hybridized carbons (Fsp3) is 0.929. The average Bonchev–Trinajstić information content (AvgIpc) is 2.40. The molecule has 2 aliphatic rings. The predicted octanol–water partition coefficient (Wildman–Crippen LogP) is 0.308. The van der Waals surface area contributed by atoms with E-state index in [1.54, 1.807) is 0 Å². The van der Waals surface area contributed by atoms with E-state index in [-0.39, 0.29) is 18.1 Å². The van der Waals surface area contributed by atoms with Gasteiger partial charge in [0.05, 0.1) is 18.8 Å². The van der Waals surface area contributed by atoms with Gasteiger partial charge in [0.1, 0.15) is 0 Å². The summed E-state index contributed by atoms with van der Waals surface area (Å²) in [5.74, 6) is 0.261. The highest BCUT2D eigenvalue weighted by atomic mass is 16.5. The second-order valence-corrected chi connectivity index (χ2v) is 5.69.